The van der Waals surface area contributed by atoms with Gasteiger partial charge >= 0.3 is 6.18 Å². The SMILES string of the molecule is CCC(CC)NCc1ccc(F)cc1C(F)(F)F. The molecule has 1 rings (SSSR count). The molecule has 0 saturated heterocycles. The van der Waals surface area contributed by atoms with Gasteiger partial charge in [-0.25, -0.2) is 4.39 Å². The van der Waals surface area contributed by atoms with Crippen molar-refractivity contribution in [3.05, 3.63) is 35.1 Å². The Balaban J connectivity index is 2.88. The molecule has 0 spiro atoms. The van der Waals surface area contributed by atoms with Gasteiger partial charge in [-0.1, -0.05) is 19.9 Å². The van der Waals surface area contributed by atoms with Crippen molar-refractivity contribution < 1.29 is 17.6 Å². The molecule has 0 bridgehead atoms. The van der Waals surface area contributed by atoms with E-state index < -0.39 is 17.6 Å². The van der Waals surface area contributed by atoms with Crippen LogP contribution < -0.4 is 5.32 Å². The van der Waals surface area contributed by atoms with Gasteiger partial charge in [-0.05, 0) is 30.5 Å². The van der Waals surface area contributed by atoms with E-state index in [1.807, 2.05) is 13.8 Å². The summed E-state index contributed by atoms with van der Waals surface area (Å²) in [6.07, 6.45) is -2.83. The largest absolute Gasteiger partial charge is 0.416 e. The second-order valence-corrected chi connectivity index (χ2v) is 4.19. The molecular weight excluding hydrogens is 246 g/mol. The number of benzene rings is 1. The Bertz CT molecular complexity index is 383. The highest BCUT2D eigenvalue weighted by Gasteiger charge is 2.33. The molecule has 0 unspecified atom stereocenters. The van der Waals surface area contributed by atoms with Crippen molar-refractivity contribution in [2.75, 3.05) is 0 Å². The highest BCUT2D eigenvalue weighted by molar-refractivity contribution is 5.30. The molecule has 0 aliphatic rings. The molecule has 0 fully saturated rings. The Morgan fingerprint density at radius 1 is 1.17 bits per heavy atom. The second kappa shape index (κ2) is 6.18. The van der Waals surface area contributed by atoms with Crippen LogP contribution in [0.1, 0.15) is 37.8 Å². The Morgan fingerprint density at radius 3 is 2.28 bits per heavy atom. The molecule has 1 aromatic carbocycles. The summed E-state index contributed by atoms with van der Waals surface area (Å²) >= 11 is 0. The molecule has 1 aromatic rings. The normalized spacial score (nSPS) is 12.2. The summed E-state index contributed by atoms with van der Waals surface area (Å²) in [6.45, 7) is 4.04. The number of halogens is 4. The van der Waals surface area contributed by atoms with Crippen LogP contribution in [-0.2, 0) is 12.7 Å². The Hall–Kier alpha value is -1.10. The van der Waals surface area contributed by atoms with Gasteiger partial charge in [-0.3, -0.25) is 0 Å². The molecule has 0 radical (unpaired) electrons. The first-order valence-electron chi connectivity index (χ1n) is 5.97. The molecule has 1 N–H and O–H groups in total. The van der Waals surface area contributed by atoms with Crippen molar-refractivity contribution in [1.82, 2.24) is 5.32 Å². The lowest BCUT2D eigenvalue weighted by Crippen LogP contribution is -2.28. The Kier molecular flexibility index (Phi) is 5.14. The maximum absolute atomic E-state index is 12.9. The molecule has 102 valence electrons. The third-order valence-electron chi connectivity index (χ3n) is 2.94. The smallest absolute Gasteiger partial charge is 0.310 e. The molecule has 0 saturated carbocycles. The van der Waals surface area contributed by atoms with E-state index in [9.17, 15) is 17.6 Å². The van der Waals surface area contributed by atoms with Crippen LogP contribution in [-0.4, -0.2) is 6.04 Å². The highest BCUT2D eigenvalue weighted by Crippen LogP contribution is 2.32. The van der Waals surface area contributed by atoms with Crippen molar-refractivity contribution >= 4 is 0 Å². The van der Waals surface area contributed by atoms with Gasteiger partial charge in [-0.15, -0.1) is 0 Å². The van der Waals surface area contributed by atoms with E-state index in [4.69, 9.17) is 0 Å². The van der Waals surface area contributed by atoms with Gasteiger partial charge in [0.15, 0.2) is 0 Å². The third kappa shape index (κ3) is 3.98. The molecule has 0 aromatic heterocycles. The lowest BCUT2D eigenvalue weighted by atomic mass is 10.1. The topological polar surface area (TPSA) is 12.0 Å². The monoisotopic (exact) mass is 263 g/mol. The summed E-state index contributed by atoms with van der Waals surface area (Å²) in [6, 6.07) is 2.97. The van der Waals surface area contributed by atoms with Gasteiger partial charge in [0.05, 0.1) is 5.56 Å². The molecule has 0 heterocycles. The first-order chi connectivity index (χ1) is 8.38. The summed E-state index contributed by atoms with van der Waals surface area (Å²) in [4.78, 5) is 0. The van der Waals surface area contributed by atoms with E-state index in [2.05, 4.69) is 5.32 Å². The fourth-order valence-electron chi connectivity index (χ4n) is 1.80. The van der Waals surface area contributed by atoms with Crippen LogP contribution in [0.15, 0.2) is 18.2 Å². The molecule has 18 heavy (non-hydrogen) atoms. The number of hydrogen-bond acceptors (Lipinski definition) is 1. The predicted octanol–water partition coefficient (Wildman–Crippen LogP) is 4.12. The van der Waals surface area contributed by atoms with Gasteiger partial charge in [-0.2, -0.15) is 13.2 Å². The Labute approximate surface area is 104 Å². The van der Waals surface area contributed by atoms with Crippen LogP contribution in [0.2, 0.25) is 0 Å². The summed E-state index contributed by atoms with van der Waals surface area (Å²) in [7, 11) is 0. The van der Waals surface area contributed by atoms with Gasteiger partial charge in [0.2, 0.25) is 0 Å². The zero-order chi connectivity index (χ0) is 13.8. The van der Waals surface area contributed by atoms with Crippen molar-refractivity contribution in [1.29, 1.82) is 0 Å². The quantitative estimate of drug-likeness (QED) is 0.788. The standard InChI is InChI=1S/C13H17F4N/c1-3-11(4-2)18-8-9-5-6-10(14)7-12(9)13(15,16)17/h5-7,11,18H,3-4,8H2,1-2H3. The minimum atomic E-state index is -4.52. The molecule has 0 amide bonds. The number of rotatable bonds is 5. The maximum Gasteiger partial charge on any atom is 0.416 e. The number of alkyl halides is 3. The van der Waals surface area contributed by atoms with Gasteiger partial charge in [0.1, 0.15) is 5.82 Å². The minimum Gasteiger partial charge on any atom is -0.310 e. The Morgan fingerprint density at radius 2 is 1.78 bits per heavy atom. The van der Waals surface area contributed by atoms with Gasteiger partial charge < -0.3 is 5.32 Å². The number of hydrogen-bond donors (Lipinski definition) is 1. The van der Waals surface area contributed by atoms with Crippen LogP contribution >= 0.6 is 0 Å². The average molecular weight is 263 g/mol. The predicted molar refractivity (Wildman–Crippen MR) is 62.6 cm³/mol. The molecular formula is C13H17F4N. The van der Waals surface area contributed by atoms with Crippen LogP contribution in [0.3, 0.4) is 0 Å². The fraction of sp³-hybridized carbons (Fsp3) is 0.538. The maximum atomic E-state index is 12.9. The van der Waals surface area contributed by atoms with E-state index in [-0.39, 0.29) is 18.2 Å². The van der Waals surface area contributed by atoms with E-state index in [1.165, 1.54) is 6.07 Å². The first-order valence-corrected chi connectivity index (χ1v) is 5.97. The van der Waals surface area contributed by atoms with Crippen LogP contribution in [0.25, 0.3) is 0 Å². The zero-order valence-corrected chi connectivity index (χ0v) is 10.4. The van der Waals surface area contributed by atoms with Gasteiger partial charge in [0.25, 0.3) is 0 Å². The number of nitrogens with one attached hydrogen (secondary N) is 1. The van der Waals surface area contributed by atoms with Crippen molar-refractivity contribution in [2.45, 2.75) is 45.5 Å². The van der Waals surface area contributed by atoms with Crippen molar-refractivity contribution in [2.24, 2.45) is 0 Å². The summed E-state index contributed by atoms with van der Waals surface area (Å²) in [5.41, 5.74) is -0.822. The third-order valence-corrected chi connectivity index (χ3v) is 2.94. The lowest BCUT2D eigenvalue weighted by Gasteiger charge is -2.17. The zero-order valence-electron chi connectivity index (χ0n) is 10.4. The van der Waals surface area contributed by atoms with Crippen molar-refractivity contribution in [3.8, 4) is 0 Å². The molecule has 1 nitrogen and oxygen atoms in total. The lowest BCUT2D eigenvalue weighted by molar-refractivity contribution is -0.138. The molecule has 0 atom stereocenters. The average Bonchev–Trinajstić information content (AvgIpc) is 2.30. The summed E-state index contributed by atoms with van der Waals surface area (Å²) < 4.78 is 51.1. The van der Waals surface area contributed by atoms with Crippen LogP contribution in [0, 0.1) is 5.82 Å². The summed E-state index contributed by atoms with van der Waals surface area (Å²) in [5.74, 6) is -0.867. The van der Waals surface area contributed by atoms with E-state index >= 15 is 0 Å². The first kappa shape index (κ1) is 15.0. The fourth-order valence-corrected chi connectivity index (χ4v) is 1.80. The minimum absolute atomic E-state index is 0.0794. The van der Waals surface area contributed by atoms with Crippen LogP contribution in [0.4, 0.5) is 17.6 Å². The molecule has 0 aliphatic heterocycles. The highest BCUT2D eigenvalue weighted by atomic mass is 19.4. The van der Waals surface area contributed by atoms with Crippen LogP contribution in [0.5, 0.6) is 0 Å². The molecule has 5 heteroatoms. The summed E-state index contributed by atoms with van der Waals surface area (Å²) in [5, 5.41) is 3.04. The molecule has 0 aliphatic carbocycles. The van der Waals surface area contributed by atoms with Gasteiger partial charge in [0, 0.05) is 12.6 Å². The van der Waals surface area contributed by atoms with Crippen molar-refractivity contribution in [3.63, 3.8) is 0 Å². The van der Waals surface area contributed by atoms with E-state index in [1.54, 1.807) is 0 Å². The second-order valence-electron chi connectivity index (χ2n) is 4.19. The van der Waals surface area contributed by atoms with E-state index in [0.29, 0.717) is 6.07 Å². The van der Waals surface area contributed by atoms with E-state index in [0.717, 1.165) is 18.9 Å².